The predicted octanol–water partition coefficient (Wildman–Crippen LogP) is 1.86. The molecule has 0 fully saturated rings. The van der Waals surface area contributed by atoms with E-state index in [1.807, 2.05) is 36.4 Å². The van der Waals surface area contributed by atoms with Crippen LogP contribution in [-0.2, 0) is 0 Å². The van der Waals surface area contributed by atoms with Crippen molar-refractivity contribution in [1.82, 2.24) is 0 Å². The normalized spacial score (nSPS) is 11.9. The van der Waals surface area contributed by atoms with Crippen LogP contribution in [0.25, 0.3) is 0 Å². The van der Waals surface area contributed by atoms with Crippen molar-refractivity contribution in [3.8, 4) is 0 Å². The van der Waals surface area contributed by atoms with Gasteiger partial charge in [0, 0.05) is 25.3 Å². The second-order valence-corrected chi connectivity index (χ2v) is 3.83. The van der Waals surface area contributed by atoms with Crippen LogP contribution in [0.15, 0.2) is 49.6 Å². The van der Waals surface area contributed by atoms with E-state index in [1.165, 1.54) is 0 Å². The summed E-state index contributed by atoms with van der Waals surface area (Å²) in [6.07, 6.45) is 3.12. The summed E-state index contributed by atoms with van der Waals surface area (Å²) in [5, 5.41) is 9.59. The highest BCUT2D eigenvalue weighted by molar-refractivity contribution is 5.49. The van der Waals surface area contributed by atoms with Crippen molar-refractivity contribution in [3.05, 3.63) is 55.1 Å². The molecule has 0 aliphatic heterocycles. The average molecular weight is 232 g/mol. The monoisotopic (exact) mass is 232 g/mol. The van der Waals surface area contributed by atoms with Gasteiger partial charge in [0.25, 0.3) is 0 Å². The summed E-state index contributed by atoms with van der Waals surface area (Å²) in [4.78, 5) is 2.14. The fourth-order valence-electron chi connectivity index (χ4n) is 1.64. The second kappa shape index (κ2) is 6.89. The molecule has 0 aliphatic rings. The number of aliphatic hydroxyl groups excluding tert-OH is 1. The third kappa shape index (κ3) is 3.73. The highest BCUT2D eigenvalue weighted by atomic mass is 16.3. The summed E-state index contributed by atoms with van der Waals surface area (Å²) >= 11 is 0. The Morgan fingerprint density at radius 2 is 1.71 bits per heavy atom. The molecule has 1 unspecified atom stereocenters. The molecular formula is C14H20N2O. The molecule has 0 amide bonds. The minimum atomic E-state index is -0.587. The molecule has 0 saturated heterocycles. The van der Waals surface area contributed by atoms with E-state index in [1.54, 1.807) is 0 Å². The van der Waals surface area contributed by atoms with Gasteiger partial charge in [-0.25, -0.2) is 0 Å². The van der Waals surface area contributed by atoms with Crippen LogP contribution in [0.4, 0.5) is 5.69 Å². The van der Waals surface area contributed by atoms with Gasteiger partial charge in [-0.15, -0.1) is 13.2 Å². The molecule has 0 saturated carbocycles. The molecule has 0 aromatic heterocycles. The maximum Gasteiger partial charge on any atom is 0.0912 e. The lowest BCUT2D eigenvalue weighted by Gasteiger charge is -2.22. The van der Waals surface area contributed by atoms with E-state index < -0.39 is 6.10 Å². The Hall–Kier alpha value is -1.58. The van der Waals surface area contributed by atoms with Crippen molar-refractivity contribution < 1.29 is 5.11 Å². The number of nitrogens with two attached hydrogens (primary N) is 1. The molecule has 0 heterocycles. The number of hydrogen-bond acceptors (Lipinski definition) is 3. The maximum absolute atomic E-state index is 9.59. The fraction of sp³-hybridized carbons (Fsp3) is 0.286. The molecule has 1 aromatic rings. The van der Waals surface area contributed by atoms with Gasteiger partial charge in [0.05, 0.1) is 6.10 Å². The first-order valence-electron chi connectivity index (χ1n) is 5.67. The van der Waals surface area contributed by atoms with Crippen LogP contribution in [0.2, 0.25) is 0 Å². The van der Waals surface area contributed by atoms with Crippen molar-refractivity contribution in [3.63, 3.8) is 0 Å². The van der Waals surface area contributed by atoms with E-state index in [-0.39, 0.29) is 6.54 Å². The molecule has 0 aliphatic carbocycles. The number of aliphatic hydroxyl groups is 1. The van der Waals surface area contributed by atoms with Gasteiger partial charge in [0.1, 0.15) is 0 Å². The van der Waals surface area contributed by atoms with Gasteiger partial charge in [0.15, 0.2) is 0 Å². The van der Waals surface area contributed by atoms with Crippen LogP contribution in [0.1, 0.15) is 11.7 Å². The third-order valence-corrected chi connectivity index (χ3v) is 2.57. The lowest BCUT2D eigenvalue weighted by molar-refractivity contribution is 0.187. The Labute approximate surface area is 103 Å². The van der Waals surface area contributed by atoms with Crippen LogP contribution >= 0.6 is 0 Å². The Kier molecular flexibility index (Phi) is 5.46. The largest absolute Gasteiger partial charge is 0.387 e. The highest BCUT2D eigenvalue weighted by Gasteiger charge is 2.06. The van der Waals surface area contributed by atoms with E-state index in [4.69, 9.17) is 5.73 Å². The number of benzene rings is 1. The summed E-state index contributed by atoms with van der Waals surface area (Å²) in [7, 11) is 0. The second-order valence-electron chi connectivity index (χ2n) is 3.83. The van der Waals surface area contributed by atoms with E-state index in [0.29, 0.717) is 0 Å². The van der Waals surface area contributed by atoms with Gasteiger partial charge >= 0.3 is 0 Å². The molecule has 0 spiro atoms. The van der Waals surface area contributed by atoms with Gasteiger partial charge in [0.2, 0.25) is 0 Å². The molecular weight excluding hydrogens is 212 g/mol. The van der Waals surface area contributed by atoms with Crippen LogP contribution < -0.4 is 10.6 Å². The Balaban J connectivity index is 2.83. The van der Waals surface area contributed by atoms with Gasteiger partial charge < -0.3 is 15.7 Å². The zero-order valence-electron chi connectivity index (χ0n) is 10.0. The van der Waals surface area contributed by atoms with E-state index in [2.05, 4.69) is 18.1 Å². The zero-order valence-corrected chi connectivity index (χ0v) is 10.0. The maximum atomic E-state index is 9.59. The molecule has 3 nitrogen and oxygen atoms in total. The predicted molar refractivity (Wildman–Crippen MR) is 73.1 cm³/mol. The molecule has 1 atom stereocenters. The van der Waals surface area contributed by atoms with Crippen molar-refractivity contribution in [1.29, 1.82) is 0 Å². The number of nitrogens with zero attached hydrogens (tertiary/aromatic N) is 1. The van der Waals surface area contributed by atoms with Gasteiger partial charge in [-0.3, -0.25) is 0 Å². The molecule has 1 aromatic carbocycles. The van der Waals surface area contributed by atoms with Gasteiger partial charge in [-0.05, 0) is 17.7 Å². The molecule has 1 rings (SSSR count). The van der Waals surface area contributed by atoms with Crippen molar-refractivity contribution in [2.75, 3.05) is 24.5 Å². The highest BCUT2D eigenvalue weighted by Crippen LogP contribution is 2.18. The summed E-state index contributed by atoms with van der Waals surface area (Å²) in [5.74, 6) is 0. The van der Waals surface area contributed by atoms with Crippen LogP contribution in [0.3, 0.4) is 0 Å². The summed E-state index contributed by atoms with van der Waals surface area (Å²) in [6.45, 7) is 9.25. The number of rotatable bonds is 7. The van der Waals surface area contributed by atoms with Crippen molar-refractivity contribution >= 4 is 5.69 Å². The summed E-state index contributed by atoms with van der Waals surface area (Å²) in [6, 6.07) is 7.74. The van der Waals surface area contributed by atoms with E-state index in [0.717, 1.165) is 24.3 Å². The third-order valence-electron chi connectivity index (χ3n) is 2.57. The van der Waals surface area contributed by atoms with E-state index in [9.17, 15) is 5.11 Å². The number of hydrogen-bond donors (Lipinski definition) is 2. The first-order chi connectivity index (χ1) is 8.22. The average Bonchev–Trinajstić information content (AvgIpc) is 2.38. The van der Waals surface area contributed by atoms with E-state index >= 15 is 0 Å². The SMILES string of the molecule is C=CCN(CC=C)c1ccc(C(O)CN)cc1. The molecule has 17 heavy (non-hydrogen) atoms. The molecule has 92 valence electrons. The minimum absolute atomic E-state index is 0.238. The quantitative estimate of drug-likeness (QED) is 0.705. The lowest BCUT2D eigenvalue weighted by atomic mass is 10.1. The molecule has 0 bridgehead atoms. The fourth-order valence-corrected chi connectivity index (χ4v) is 1.64. The topological polar surface area (TPSA) is 49.5 Å². The molecule has 3 N–H and O–H groups in total. The van der Waals surface area contributed by atoms with Gasteiger partial charge in [-0.2, -0.15) is 0 Å². The Bertz CT molecular complexity index is 349. The smallest absolute Gasteiger partial charge is 0.0912 e. The Morgan fingerprint density at radius 3 is 2.12 bits per heavy atom. The first kappa shape index (κ1) is 13.5. The van der Waals surface area contributed by atoms with Crippen LogP contribution in [-0.4, -0.2) is 24.7 Å². The standard InChI is InChI=1S/C14H20N2O/c1-3-9-16(10-4-2)13-7-5-12(6-8-13)14(17)11-15/h3-8,14,17H,1-2,9-11,15H2. The van der Waals surface area contributed by atoms with Crippen LogP contribution in [0, 0.1) is 0 Å². The summed E-state index contributed by atoms with van der Waals surface area (Å²) in [5.41, 5.74) is 7.33. The van der Waals surface area contributed by atoms with Crippen molar-refractivity contribution in [2.24, 2.45) is 5.73 Å². The minimum Gasteiger partial charge on any atom is -0.387 e. The molecule has 3 heteroatoms. The van der Waals surface area contributed by atoms with Gasteiger partial charge in [-0.1, -0.05) is 24.3 Å². The first-order valence-corrected chi connectivity index (χ1v) is 5.67. The lowest BCUT2D eigenvalue weighted by Crippen LogP contribution is -2.23. The molecule has 0 radical (unpaired) electrons. The number of anilines is 1. The zero-order chi connectivity index (χ0) is 12.7. The summed E-state index contributed by atoms with van der Waals surface area (Å²) < 4.78 is 0. The van der Waals surface area contributed by atoms with Crippen molar-refractivity contribution in [2.45, 2.75) is 6.10 Å². The Morgan fingerprint density at radius 1 is 1.18 bits per heavy atom. The van der Waals surface area contributed by atoms with Crippen LogP contribution in [0.5, 0.6) is 0 Å².